The van der Waals surface area contributed by atoms with Crippen LogP contribution in [0.25, 0.3) is 0 Å². The summed E-state index contributed by atoms with van der Waals surface area (Å²) in [6.07, 6.45) is 0.148. The molecule has 1 aliphatic rings. The number of ether oxygens (including phenoxy) is 2. The second-order valence-electron chi connectivity index (χ2n) is 6.83. The predicted octanol–water partition coefficient (Wildman–Crippen LogP) is 2.45. The van der Waals surface area contributed by atoms with E-state index in [1.165, 1.54) is 6.92 Å². The van der Waals surface area contributed by atoms with Gasteiger partial charge >= 0.3 is 0 Å². The Hall–Kier alpha value is -3.35. The van der Waals surface area contributed by atoms with Crippen LogP contribution in [0.2, 0.25) is 0 Å². The zero-order valence-corrected chi connectivity index (χ0v) is 16.5. The Labute approximate surface area is 169 Å². The Kier molecular flexibility index (Phi) is 6.49. The molecule has 0 bridgehead atoms. The zero-order chi connectivity index (χ0) is 20.8. The second-order valence-corrected chi connectivity index (χ2v) is 6.83. The number of Topliss-reactive ketones (excluding diaryl/α,β-unsaturated/α-hetero) is 1. The minimum Gasteiger partial charge on any atom is -0.497 e. The Balaban J connectivity index is 1.48. The number of anilines is 1. The molecule has 29 heavy (non-hydrogen) atoms. The molecule has 1 unspecified atom stereocenters. The first kappa shape index (κ1) is 20.4. The Morgan fingerprint density at radius 2 is 1.86 bits per heavy atom. The van der Waals surface area contributed by atoms with Crippen LogP contribution in [0.4, 0.5) is 5.69 Å². The van der Waals surface area contributed by atoms with Crippen LogP contribution in [-0.4, -0.2) is 44.4 Å². The summed E-state index contributed by atoms with van der Waals surface area (Å²) in [7, 11) is 1.60. The number of methoxy groups -OCH3 is 1. The van der Waals surface area contributed by atoms with E-state index in [4.69, 9.17) is 9.47 Å². The zero-order valence-electron chi connectivity index (χ0n) is 16.5. The fourth-order valence-electron chi connectivity index (χ4n) is 3.18. The molecule has 1 atom stereocenters. The molecule has 0 aromatic heterocycles. The van der Waals surface area contributed by atoms with E-state index in [1.807, 2.05) is 0 Å². The van der Waals surface area contributed by atoms with Crippen LogP contribution in [-0.2, 0) is 9.59 Å². The molecule has 2 amide bonds. The van der Waals surface area contributed by atoms with Crippen molar-refractivity contribution in [1.82, 2.24) is 5.32 Å². The molecule has 7 heteroatoms. The number of carbonyl (C=O) groups excluding carboxylic acids is 3. The highest BCUT2D eigenvalue weighted by Crippen LogP contribution is 2.26. The highest BCUT2D eigenvalue weighted by molar-refractivity contribution is 6.02. The largest absolute Gasteiger partial charge is 0.497 e. The molecule has 0 radical (unpaired) electrons. The first-order valence-corrected chi connectivity index (χ1v) is 9.44. The summed E-state index contributed by atoms with van der Waals surface area (Å²) in [4.78, 5) is 37.9. The molecule has 1 fully saturated rings. The Bertz CT molecular complexity index is 894. The van der Waals surface area contributed by atoms with Gasteiger partial charge in [-0.2, -0.15) is 0 Å². The number of amides is 2. The number of benzene rings is 2. The van der Waals surface area contributed by atoms with E-state index in [2.05, 4.69) is 5.32 Å². The number of carbonyl (C=O) groups is 3. The molecule has 2 aromatic rings. The SMILES string of the molecule is COc1ccc(OCCNC(=O)C2CC(=O)N(c3cccc(C(C)=O)c3)C2)cc1. The number of nitrogens with zero attached hydrogens (tertiary/aromatic N) is 1. The first-order valence-electron chi connectivity index (χ1n) is 9.44. The number of hydrogen-bond donors (Lipinski definition) is 1. The van der Waals surface area contributed by atoms with Crippen LogP contribution in [0.3, 0.4) is 0 Å². The molecule has 0 aliphatic carbocycles. The van der Waals surface area contributed by atoms with Gasteiger partial charge < -0.3 is 19.7 Å². The van der Waals surface area contributed by atoms with Crippen molar-refractivity contribution in [2.24, 2.45) is 5.92 Å². The fraction of sp³-hybridized carbons (Fsp3) is 0.318. The molecule has 1 N–H and O–H groups in total. The molecule has 0 spiro atoms. The highest BCUT2D eigenvalue weighted by Gasteiger charge is 2.35. The van der Waals surface area contributed by atoms with Gasteiger partial charge in [0.25, 0.3) is 0 Å². The van der Waals surface area contributed by atoms with E-state index in [-0.39, 0.29) is 24.0 Å². The van der Waals surface area contributed by atoms with Gasteiger partial charge in [-0.25, -0.2) is 0 Å². The molecular formula is C22H24N2O5. The van der Waals surface area contributed by atoms with Crippen LogP contribution in [0.1, 0.15) is 23.7 Å². The average molecular weight is 396 g/mol. The van der Waals surface area contributed by atoms with E-state index >= 15 is 0 Å². The van der Waals surface area contributed by atoms with Gasteiger partial charge in [-0.3, -0.25) is 14.4 Å². The van der Waals surface area contributed by atoms with Crippen molar-refractivity contribution in [2.45, 2.75) is 13.3 Å². The van der Waals surface area contributed by atoms with Gasteiger partial charge in [0, 0.05) is 24.2 Å². The van der Waals surface area contributed by atoms with Crippen molar-refractivity contribution in [3.05, 3.63) is 54.1 Å². The maximum Gasteiger partial charge on any atom is 0.227 e. The van der Waals surface area contributed by atoms with Crippen molar-refractivity contribution < 1.29 is 23.9 Å². The normalized spacial score (nSPS) is 15.9. The summed E-state index contributed by atoms with van der Waals surface area (Å²) in [6, 6.07) is 14.1. The van der Waals surface area contributed by atoms with Gasteiger partial charge in [0.1, 0.15) is 18.1 Å². The van der Waals surface area contributed by atoms with Gasteiger partial charge in [-0.15, -0.1) is 0 Å². The topological polar surface area (TPSA) is 84.9 Å². The lowest BCUT2D eigenvalue weighted by Crippen LogP contribution is -2.35. The molecule has 0 saturated carbocycles. The minimum absolute atomic E-state index is 0.0651. The van der Waals surface area contributed by atoms with E-state index in [0.29, 0.717) is 36.7 Å². The maximum atomic E-state index is 12.4. The lowest BCUT2D eigenvalue weighted by Gasteiger charge is -2.17. The maximum absolute atomic E-state index is 12.4. The fourth-order valence-corrected chi connectivity index (χ4v) is 3.18. The molecule has 152 valence electrons. The number of hydrogen-bond acceptors (Lipinski definition) is 5. The lowest BCUT2D eigenvalue weighted by molar-refractivity contribution is -0.126. The van der Waals surface area contributed by atoms with E-state index in [9.17, 15) is 14.4 Å². The van der Waals surface area contributed by atoms with Crippen LogP contribution < -0.4 is 19.7 Å². The smallest absolute Gasteiger partial charge is 0.227 e. The van der Waals surface area contributed by atoms with Gasteiger partial charge in [0.15, 0.2) is 5.78 Å². The second kappa shape index (κ2) is 9.23. The van der Waals surface area contributed by atoms with Gasteiger partial charge in [-0.05, 0) is 43.3 Å². The molecule has 1 saturated heterocycles. The highest BCUT2D eigenvalue weighted by atomic mass is 16.5. The third-order valence-corrected chi connectivity index (χ3v) is 4.79. The van der Waals surface area contributed by atoms with E-state index < -0.39 is 5.92 Å². The van der Waals surface area contributed by atoms with Gasteiger partial charge in [0.2, 0.25) is 11.8 Å². The van der Waals surface area contributed by atoms with Crippen molar-refractivity contribution >= 4 is 23.3 Å². The first-order chi connectivity index (χ1) is 14.0. The number of ketones is 1. The van der Waals surface area contributed by atoms with Crippen molar-refractivity contribution in [3.8, 4) is 11.5 Å². The predicted molar refractivity (Wildman–Crippen MR) is 108 cm³/mol. The Morgan fingerprint density at radius 3 is 2.55 bits per heavy atom. The lowest BCUT2D eigenvalue weighted by atomic mass is 10.1. The van der Waals surface area contributed by atoms with E-state index in [1.54, 1.807) is 60.5 Å². The average Bonchev–Trinajstić information content (AvgIpc) is 3.13. The molecule has 1 aliphatic heterocycles. The summed E-state index contributed by atoms with van der Waals surface area (Å²) < 4.78 is 10.7. The standard InChI is InChI=1S/C22H24N2O5/c1-15(25)16-4-3-5-18(12-16)24-14-17(13-21(24)26)22(27)23-10-11-29-20-8-6-19(28-2)7-9-20/h3-9,12,17H,10-11,13-14H2,1-2H3,(H,23,27). The quantitative estimate of drug-likeness (QED) is 0.547. The number of nitrogens with one attached hydrogen (secondary N) is 1. The summed E-state index contributed by atoms with van der Waals surface area (Å²) in [5.41, 5.74) is 1.18. The van der Waals surface area contributed by atoms with Crippen molar-refractivity contribution in [1.29, 1.82) is 0 Å². The summed E-state index contributed by atoms with van der Waals surface area (Å²) >= 11 is 0. The molecule has 3 rings (SSSR count). The molecule has 1 heterocycles. The van der Waals surface area contributed by atoms with Crippen LogP contribution in [0.15, 0.2) is 48.5 Å². The summed E-state index contributed by atoms with van der Waals surface area (Å²) in [6.45, 7) is 2.44. The van der Waals surface area contributed by atoms with Gasteiger partial charge in [-0.1, -0.05) is 12.1 Å². The van der Waals surface area contributed by atoms with Gasteiger partial charge in [0.05, 0.1) is 19.6 Å². The summed E-state index contributed by atoms with van der Waals surface area (Å²) in [5, 5.41) is 2.82. The third-order valence-electron chi connectivity index (χ3n) is 4.79. The molecular weight excluding hydrogens is 372 g/mol. The van der Waals surface area contributed by atoms with Crippen molar-refractivity contribution in [3.63, 3.8) is 0 Å². The van der Waals surface area contributed by atoms with Crippen LogP contribution in [0.5, 0.6) is 11.5 Å². The monoisotopic (exact) mass is 396 g/mol. The molecule has 2 aromatic carbocycles. The summed E-state index contributed by atoms with van der Waals surface area (Å²) in [5.74, 6) is 0.638. The van der Waals surface area contributed by atoms with Crippen LogP contribution in [0, 0.1) is 5.92 Å². The van der Waals surface area contributed by atoms with Crippen molar-refractivity contribution in [2.75, 3.05) is 31.7 Å². The van der Waals surface area contributed by atoms with Crippen LogP contribution >= 0.6 is 0 Å². The third kappa shape index (κ3) is 5.13. The van der Waals surface area contributed by atoms with E-state index in [0.717, 1.165) is 5.75 Å². The Morgan fingerprint density at radius 1 is 1.14 bits per heavy atom. The minimum atomic E-state index is -0.426. The number of rotatable bonds is 8. The molecule has 7 nitrogen and oxygen atoms in total.